The Morgan fingerprint density at radius 3 is 2.38 bits per heavy atom. The zero-order valence-electron chi connectivity index (χ0n) is 19.4. The molecule has 3 aromatic heterocycles. The number of ether oxygens (including phenoxy) is 1. The highest BCUT2D eigenvalue weighted by Crippen LogP contribution is 2.33. The second-order valence-corrected chi connectivity index (χ2v) is 8.41. The lowest BCUT2D eigenvalue weighted by molar-refractivity contribution is -0.182. The Hall–Kier alpha value is -3.94. The average Bonchev–Trinajstić information content (AvgIpc) is 3.43. The summed E-state index contributed by atoms with van der Waals surface area (Å²) in [6, 6.07) is 7.74. The van der Waals surface area contributed by atoms with Gasteiger partial charge in [-0.15, -0.1) is 0 Å². The maximum Gasteiger partial charge on any atom is 0.433 e. The van der Waals surface area contributed by atoms with E-state index in [-0.39, 0.29) is 28.5 Å². The molecule has 1 aromatic carbocycles. The van der Waals surface area contributed by atoms with Crippen molar-refractivity contribution in [2.45, 2.75) is 38.8 Å². The summed E-state index contributed by atoms with van der Waals surface area (Å²) in [5.74, 6) is -0.611. The quantitative estimate of drug-likeness (QED) is 0.321. The summed E-state index contributed by atoms with van der Waals surface area (Å²) in [5, 5.41) is 9.92. The van der Waals surface area contributed by atoms with Crippen LogP contribution in [0.25, 0.3) is 16.9 Å². The third kappa shape index (κ3) is 6.07. The lowest BCUT2D eigenvalue weighted by Crippen LogP contribution is -2.18. The summed E-state index contributed by atoms with van der Waals surface area (Å²) in [6.45, 7) is 1.96. The number of alkyl halides is 6. The molecule has 0 saturated carbocycles. The summed E-state index contributed by atoms with van der Waals surface area (Å²) < 4.78 is 84.2. The second kappa shape index (κ2) is 9.84. The summed E-state index contributed by atoms with van der Waals surface area (Å²) in [6.07, 6.45) is -5.99. The number of nitrogens with zero attached hydrogens (tertiary/aromatic N) is 5. The minimum atomic E-state index is -4.79. The van der Waals surface area contributed by atoms with Crippen LogP contribution in [0, 0.1) is 0 Å². The molecule has 0 radical (unpaired) electrons. The van der Waals surface area contributed by atoms with Gasteiger partial charge in [-0.25, -0.2) is 14.2 Å². The largest absolute Gasteiger partial charge is 0.433 e. The van der Waals surface area contributed by atoms with Crippen molar-refractivity contribution in [1.82, 2.24) is 24.4 Å². The van der Waals surface area contributed by atoms with E-state index < -0.39 is 37.3 Å². The third-order valence-corrected chi connectivity index (χ3v) is 5.26. The molecule has 1 N–H and O–H groups in total. The molecule has 0 saturated heterocycles. The van der Waals surface area contributed by atoms with Crippen LogP contribution in [0.5, 0.6) is 0 Å². The van der Waals surface area contributed by atoms with E-state index in [1.165, 1.54) is 6.20 Å². The standard InChI is InChI=1S/C23H20F6N6O2/c1-13(2)14-3-5-15(6-4-14)18-7-19(23(27,28)29)35-20(33-18)17(9-31-35)21(36)32-16-8-30-34(10-16)12-37-11-22(24,25)26/h3-10,13H,11-12H2,1-2H3,(H,32,36). The van der Waals surface area contributed by atoms with Crippen molar-refractivity contribution in [2.24, 2.45) is 0 Å². The minimum absolute atomic E-state index is 0.000635. The molecule has 0 fully saturated rings. The number of benzene rings is 1. The molecule has 0 aliphatic carbocycles. The summed E-state index contributed by atoms with van der Waals surface area (Å²) in [7, 11) is 0. The molecule has 8 nitrogen and oxygen atoms in total. The Morgan fingerprint density at radius 2 is 1.76 bits per heavy atom. The first kappa shape index (κ1) is 26.1. The van der Waals surface area contributed by atoms with Gasteiger partial charge in [0.1, 0.15) is 18.9 Å². The molecule has 196 valence electrons. The number of rotatable bonds is 7. The third-order valence-electron chi connectivity index (χ3n) is 5.26. The highest BCUT2D eigenvalue weighted by Gasteiger charge is 2.36. The molecule has 0 atom stereocenters. The molecule has 3 heterocycles. The SMILES string of the molecule is CC(C)c1ccc(-c2cc(C(F)(F)F)n3ncc(C(=O)Nc4cnn(COCC(F)(F)F)c4)c3n2)cc1. The number of hydrogen-bond donors (Lipinski definition) is 1. The Labute approximate surface area is 205 Å². The van der Waals surface area contributed by atoms with E-state index in [0.29, 0.717) is 10.1 Å². The van der Waals surface area contributed by atoms with E-state index >= 15 is 0 Å². The molecule has 0 spiro atoms. The number of anilines is 1. The van der Waals surface area contributed by atoms with Crippen LogP contribution in [0.4, 0.5) is 32.0 Å². The normalized spacial score (nSPS) is 12.5. The number of fused-ring (bicyclic) bond motifs is 1. The molecule has 4 aromatic rings. The second-order valence-electron chi connectivity index (χ2n) is 8.41. The predicted octanol–water partition coefficient (Wildman–Crippen LogP) is 5.52. The van der Waals surface area contributed by atoms with Crippen LogP contribution in [-0.2, 0) is 17.6 Å². The Bertz CT molecular complexity index is 1410. The van der Waals surface area contributed by atoms with Crippen molar-refractivity contribution in [3.05, 3.63) is 65.7 Å². The molecule has 4 rings (SSSR count). The van der Waals surface area contributed by atoms with Crippen LogP contribution in [0.2, 0.25) is 0 Å². The molecule has 37 heavy (non-hydrogen) atoms. The maximum atomic E-state index is 13.8. The van der Waals surface area contributed by atoms with Crippen LogP contribution in [-0.4, -0.2) is 43.1 Å². The van der Waals surface area contributed by atoms with Crippen LogP contribution in [0.1, 0.15) is 41.4 Å². The van der Waals surface area contributed by atoms with Gasteiger partial charge in [-0.1, -0.05) is 38.1 Å². The van der Waals surface area contributed by atoms with Crippen molar-refractivity contribution < 1.29 is 35.9 Å². The molecule has 0 unspecified atom stereocenters. The maximum absolute atomic E-state index is 13.8. The minimum Gasteiger partial charge on any atom is -0.350 e. The first-order valence-corrected chi connectivity index (χ1v) is 10.9. The predicted molar refractivity (Wildman–Crippen MR) is 120 cm³/mol. The lowest BCUT2D eigenvalue weighted by atomic mass is 10.0. The van der Waals surface area contributed by atoms with Gasteiger partial charge < -0.3 is 10.1 Å². The number of halogens is 6. The number of aromatic nitrogens is 5. The van der Waals surface area contributed by atoms with Crippen molar-refractivity contribution >= 4 is 17.2 Å². The van der Waals surface area contributed by atoms with E-state index in [9.17, 15) is 31.1 Å². The highest BCUT2D eigenvalue weighted by molar-refractivity contribution is 6.08. The summed E-state index contributed by atoms with van der Waals surface area (Å²) in [4.78, 5) is 17.1. The first-order chi connectivity index (χ1) is 17.3. The van der Waals surface area contributed by atoms with Gasteiger partial charge in [0.25, 0.3) is 5.91 Å². The molecule has 0 bridgehead atoms. The first-order valence-electron chi connectivity index (χ1n) is 10.9. The van der Waals surface area contributed by atoms with E-state index in [2.05, 4.69) is 25.2 Å². The van der Waals surface area contributed by atoms with Gasteiger partial charge in [-0.2, -0.15) is 36.5 Å². The van der Waals surface area contributed by atoms with E-state index in [0.717, 1.165) is 28.7 Å². The number of hydrogen-bond acceptors (Lipinski definition) is 5. The van der Waals surface area contributed by atoms with Crippen molar-refractivity contribution in [2.75, 3.05) is 11.9 Å². The fourth-order valence-electron chi connectivity index (χ4n) is 3.46. The van der Waals surface area contributed by atoms with Gasteiger partial charge in [0, 0.05) is 5.56 Å². The number of amides is 1. The number of carbonyl (C=O) groups is 1. The topological polar surface area (TPSA) is 86.3 Å². The Kier molecular flexibility index (Phi) is 6.95. The zero-order valence-corrected chi connectivity index (χ0v) is 19.4. The lowest BCUT2D eigenvalue weighted by Gasteiger charge is -2.12. The zero-order chi connectivity index (χ0) is 27.0. The van der Waals surface area contributed by atoms with Gasteiger partial charge in [0.2, 0.25) is 0 Å². The number of carbonyl (C=O) groups excluding carboxylic acids is 1. The van der Waals surface area contributed by atoms with Gasteiger partial charge in [0.05, 0.1) is 30.0 Å². The van der Waals surface area contributed by atoms with Gasteiger partial charge >= 0.3 is 12.4 Å². The average molecular weight is 526 g/mol. The van der Waals surface area contributed by atoms with Crippen molar-refractivity contribution in [1.29, 1.82) is 0 Å². The van der Waals surface area contributed by atoms with Crippen molar-refractivity contribution in [3.8, 4) is 11.3 Å². The van der Waals surface area contributed by atoms with Crippen LogP contribution in [0.15, 0.2) is 48.9 Å². The van der Waals surface area contributed by atoms with E-state index in [1.54, 1.807) is 24.3 Å². The van der Waals surface area contributed by atoms with Gasteiger partial charge in [-0.3, -0.25) is 4.79 Å². The number of nitrogens with one attached hydrogen (secondary N) is 1. The monoisotopic (exact) mass is 526 g/mol. The Morgan fingerprint density at radius 1 is 1.05 bits per heavy atom. The fourth-order valence-corrected chi connectivity index (χ4v) is 3.46. The molecule has 0 aliphatic rings. The van der Waals surface area contributed by atoms with Crippen LogP contribution < -0.4 is 5.32 Å². The smallest absolute Gasteiger partial charge is 0.350 e. The molecular weight excluding hydrogens is 506 g/mol. The van der Waals surface area contributed by atoms with E-state index in [1.807, 2.05) is 13.8 Å². The summed E-state index contributed by atoms with van der Waals surface area (Å²) >= 11 is 0. The molecule has 1 amide bonds. The molecule has 14 heteroatoms. The van der Waals surface area contributed by atoms with Gasteiger partial charge in [0.15, 0.2) is 11.3 Å². The van der Waals surface area contributed by atoms with Crippen LogP contribution >= 0.6 is 0 Å². The molecular formula is C23H20F6N6O2. The van der Waals surface area contributed by atoms with Crippen LogP contribution in [0.3, 0.4) is 0 Å². The van der Waals surface area contributed by atoms with Gasteiger partial charge in [-0.05, 0) is 17.5 Å². The summed E-state index contributed by atoms with van der Waals surface area (Å²) in [5.41, 5.74) is -0.187. The fraction of sp³-hybridized carbons (Fsp3) is 0.304. The van der Waals surface area contributed by atoms with Crippen molar-refractivity contribution in [3.63, 3.8) is 0 Å². The molecule has 0 aliphatic heterocycles. The Balaban J connectivity index is 1.63. The highest BCUT2D eigenvalue weighted by atomic mass is 19.4. The van der Waals surface area contributed by atoms with E-state index in [4.69, 9.17) is 0 Å².